The van der Waals surface area contributed by atoms with Crippen LogP contribution in [0.15, 0.2) is 0 Å². The highest BCUT2D eigenvalue weighted by Gasteiger charge is 2.04. The van der Waals surface area contributed by atoms with Gasteiger partial charge in [-0.3, -0.25) is 0 Å². The van der Waals surface area contributed by atoms with Gasteiger partial charge in [-0.15, -0.1) is 0 Å². The highest BCUT2D eigenvalue weighted by atomic mass is 16.5. The molecule has 0 fully saturated rings. The first kappa shape index (κ1) is 13.8. The lowest BCUT2D eigenvalue weighted by Crippen LogP contribution is -2.32. The third-order valence-electron chi connectivity index (χ3n) is 1.87. The molecule has 2 unspecified atom stereocenters. The van der Waals surface area contributed by atoms with Crippen LogP contribution in [-0.2, 0) is 9.47 Å². The number of hydrogen-bond donors (Lipinski definition) is 2. The third kappa shape index (κ3) is 9.92. The summed E-state index contributed by atoms with van der Waals surface area (Å²) >= 11 is 0. The molecule has 0 aliphatic carbocycles. The molecule has 0 radical (unpaired) electrons. The SMILES string of the molecule is COCCOCCNC(C)CC(C)O. The molecule has 0 saturated carbocycles. The molecular formula is C10H23NO3. The summed E-state index contributed by atoms with van der Waals surface area (Å²) < 4.78 is 10.1. The first-order chi connectivity index (χ1) is 6.66. The smallest absolute Gasteiger partial charge is 0.0700 e. The highest BCUT2D eigenvalue weighted by molar-refractivity contribution is 4.63. The van der Waals surface area contributed by atoms with E-state index in [1.54, 1.807) is 14.0 Å². The Bertz CT molecular complexity index is 120. The highest BCUT2D eigenvalue weighted by Crippen LogP contribution is 1.95. The van der Waals surface area contributed by atoms with Gasteiger partial charge in [0, 0.05) is 19.7 Å². The summed E-state index contributed by atoms with van der Waals surface area (Å²) in [6.07, 6.45) is 0.532. The predicted molar refractivity (Wildman–Crippen MR) is 56.5 cm³/mol. The van der Waals surface area contributed by atoms with Crippen LogP contribution >= 0.6 is 0 Å². The van der Waals surface area contributed by atoms with Gasteiger partial charge in [-0.2, -0.15) is 0 Å². The zero-order valence-electron chi connectivity index (χ0n) is 9.45. The third-order valence-corrected chi connectivity index (χ3v) is 1.87. The fourth-order valence-corrected chi connectivity index (χ4v) is 1.22. The van der Waals surface area contributed by atoms with E-state index in [-0.39, 0.29) is 6.10 Å². The zero-order valence-corrected chi connectivity index (χ0v) is 9.45. The molecule has 0 aliphatic rings. The van der Waals surface area contributed by atoms with E-state index in [0.29, 0.717) is 25.9 Å². The van der Waals surface area contributed by atoms with E-state index < -0.39 is 0 Å². The van der Waals surface area contributed by atoms with Gasteiger partial charge in [-0.1, -0.05) is 0 Å². The second kappa shape index (κ2) is 9.40. The number of aliphatic hydroxyl groups excluding tert-OH is 1. The van der Waals surface area contributed by atoms with E-state index in [4.69, 9.17) is 14.6 Å². The summed E-state index contributed by atoms with van der Waals surface area (Å²) in [5.74, 6) is 0. The van der Waals surface area contributed by atoms with Crippen LogP contribution in [0.4, 0.5) is 0 Å². The molecule has 0 aromatic heterocycles. The van der Waals surface area contributed by atoms with Gasteiger partial charge in [0.15, 0.2) is 0 Å². The van der Waals surface area contributed by atoms with Crippen molar-refractivity contribution in [3.05, 3.63) is 0 Å². The Morgan fingerprint density at radius 1 is 1.21 bits per heavy atom. The van der Waals surface area contributed by atoms with Crippen molar-refractivity contribution >= 4 is 0 Å². The van der Waals surface area contributed by atoms with Crippen LogP contribution in [0.1, 0.15) is 20.3 Å². The topological polar surface area (TPSA) is 50.7 Å². The Kier molecular flexibility index (Phi) is 9.29. The van der Waals surface area contributed by atoms with E-state index in [1.807, 2.05) is 0 Å². The molecule has 0 heterocycles. The lowest BCUT2D eigenvalue weighted by molar-refractivity contribution is 0.0703. The number of hydrogen-bond acceptors (Lipinski definition) is 4. The maximum atomic E-state index is 9.11. The fraction of sp³-hybridized carbons (Fsp3) is 1.00. The summed E-state index contributed by atoms with van der Waals surface area (Å²) in [5, 5.41) is 12.4. The molecule has 0 aliphatic heterocycles. The maximum Gasteiger partial charge on any atom is 0.0700 e. The summed E-state index contributed by atoms with van der Waals surface area (Å²) in [6, 6.07) is 0.334. The lowest BCUT2D eigenvalue weighted by atomic mass is 10.1. The Hall–Kier alpha value is -0.160. The minimum absolute atomic E-state index is 0.244. The van der Waals surface area contributed by atoms with Crippen LogP contribution in [0.3, 0.4) is 0 Å². The molecule has 2 atom stereocenters. The van der Waals surface area contributed by atoms with Gasteiger partial charge in [0.1, 0.15) is 0 Å². The van der Waals surface area contributed by atoms with Crippen LogP contribution in [0, 0.1) is 0 Å². The summed E-state index contributed by atoms with van der Waals surface area (Å²) in [4.78, 5) is 0. The van der Waals surface area contributed by atoms with E-state index in [2.05, 4.69) is 12.2 Å². The predicted octanol–water partition coefficient (Wildman–Crippen LogP) is 0.398. The van der Waals surface area contributed by atoms with Crippen molar-refractivity contribution in [3.8, 4) is 0 Å². The normalized spacial score (nSPS) is 15.4. The van der Waals surface area contributed by atoms with E-state index in [9.17, 15) is 0 Å². The lowest BCUT2D eigenvalue weighted by Gasteiger charge is -2.15. The van der Waals surface area contributed by atoms with Gasteiger partial charge >= 0.3 is 0 Å². The van der Waals surface area contributed by atoms with E-state index in [1.165, 1.54) is 0 Å². The van der Waals surface area contributed by atoms with Crippen LogP contribution in [-0.4, -0.2) is 50.7 Å². The zero-order chi connectivity index (χ0) is 10.8. The van der Waals surface area contributed by atoms with Crippen molar-refractivity contribution in [2.75, 3.05) is 33.5 Å². The van der Waals surface area contributed by atoms with Crippen LogP contribution in [0.2, 0.25) is 0 Å². The quantitative estimate of drug-likeness (QED) is 0.535. The standard InChI is InChI=1S/C10H23NO3/c1-9(8-10(2)12)11-4-5-14-7-6-13-3/h9-12H,4-8H2,1-3H3. The van der Waals surface area contributed by atoms with Gasteiger partial charge in [0.25, 0.3) is 0 Å². The van der Waals surface area contributed by atoms with Crippen molar-refractivity contribution in [3.63, 3.8) is 0 Å². The molecule has 0 rings (SSSR count). The summed E-state index contributed by atoms with van der Waals surface area (Å²) in [6.45, 7) is 6.65. The molecule has 0 saturated heterocycles. The van der Waals surface area contributed by atoms with Crippen molar-refractivity contribution in [1.82, 2.24) is 5.32 Å². The fourth-order valence-electron chi connectivity index (χ4n) is 1.22. The molecule has 0 aromatic rings. The van der Waals surface area contributed by atoms with Gasteiger partial charge in [0.05, 0.1) is 25.9 Å². The molecule has 14 heavy (non-hydrogen) atoms. The van der Waals surface area contributed by atoms with Crippen molar-refractivity contribution in [2.24, 2.45) is 0 Å². The van der Waals surface area contributed by atoms with Crippen molar-refractivity contribution in [1.29, 1.82) is 0 Å². The maximum absolute atomic E-state index is 9.11. The first-order valence-electron chi connectivity index (χ1n) is 5.15. The molecule has 0 aromatic carbocycles. The first-order valence-corrected chi connectivity index (χ1v) is 5.15. The van der Waals surface area contributed by atoms with Gasteiger partial charge in [-0.05, 0) is 20.3 Å². The van der Waals surface area contributed by atoms with Crippen LogP contribution in [0.25, 0.3) is 0 Å². The Morgan fingerprint density at radius 2 is 1.93 bits per heavy atom. The molecule has 2 N–H and O–H groups in total. The molecule has 4 nitrogen and oxygen atoms in total. The van der Waals surface area contributed by atoms with E-state index >= 15 is 0 Å². The molecule has 4 heteroatoms. The van der Waals surface area contributed by atoms with E-state index in [0.717, 1.165) is 13.0 Å². The number of aliphatic hydroxyl groups is 1. The van der Waals surface area contributed by atoms with Gasteiger partial charge in [-0.25, -0.2) is 0 Å². The molecule has 0 spiro atoms. The van der Waals surface area contributed by atoms with Crippen molar-refractivity contribution in [2.45, 2.75) is 32.4 Å². The minimum atomic E-state index is -0.244. The van der Waals surface area contributed by atoms with Crippen LogP contribution in [0.5, 0.6) is 0 Å². The second-order valence-corrected chi connectivity index (χ2v) is 3.55. The molecule has 0 bridgehead atoms. The summed E-state index contributed by atoms with van der Waals surface area (Å²) in [5.41, 5.74) is 0. The monoisotopic (exact) mass is 205 g/mol. The van der Waals surface area contributed by atoms with Gasteiger partial charge in [0.2, 0.25) is 0 Å². The van der Waals surface area contributed by atoms with Gasteiger partial charge < -0.3 is 19.9 Å². The number of rotatable bonds is 9. The number of methoxy groups -OCH3 is 1. The average molecular weight is 205 g/mol. The largest absolute Gasteiger partial charge is 0.393 e. The Balaban J connectivity index is 3.10. The molecular weight excluding hydrogens is 182 g/mol. The Labute approximate surface area is 86.6 Å². The van der Waals surface area contributed by atoms with Crippen LogP contribution < -0.4 is 5.32 Å². The average Bonchev–Trinajstić information content (AvgIpc) is 2.10. The number of ether oxygens (including phenoxy) is 2. The minimum Gasteiger partial charge on any atom is -0.393 e. The number of nitrogens with one attached hydrogen (secondary N) is 1. The van der Waals surface area contributed by atoms with Crippen molar-refractivity contribution < 1.29 is 14.6 Å². The molecule has 0 amide bonds. The second-order valence-electron chi connectivity index (χ2n) is 3.55. The summed E-state index contributed by atoms with van der Waals surface area (Å²) in [7, 11) is 1.66. The Morgan fingerprint density at radius 3 is 2.50 bits per heavy atom. The molecule has 86 valence electrons.